The first kappa shape index (κ1) is 14.4. The topological polar surface area (TPSA) is 76.3 Å². The van der Waals surface area contributed by atoms with E-state index in [2.05, 4.69) is 4.98 Å². The van der Waals surface area contributed by atoms with Crippen LogP contribution in [0.15, 0.2) is 47.5 Å². The van der Waals surface area contributed by atoms with Crippen LogP contribution in [0.25, 0.3) is 0 Å². The van der Waals surface area contributed by atoms with E-state index in [9.17, 15) is 12.8 Å². The number of nitrogens with zero attached hydrogens (tertiary/aromatic N) is 2. The molecule has 0 unspecified atom stereocenters. The molecule has 0 fully saturated rings. The quantitative estimate of drug-likeness (QED) is 0.927. The maximum absolute atomic E-state index is 13.2. The zero-order valence-electron chi connectivity index (χ0n) is 10.8. The molecule has 7 heteroatoms. The third kappa shape index (κ3) is 2.78. The molecule has 0 saturated carbocycles. The molecule has 1 aromatic carbocycles. The van der Waals surface area contributed by atoms with Gasteiger partial charge in [-0.2, -0.15) is 0 Å². The molecule has 2 N–H and O–H groups in total. The summed E-state index contributed by atoms with van der Waals surface area (Å²) in [6.07, 6.45) is 1.24. The van der Waals surface area contributed by atoms with Gasteiger partial charge in [-0.3, -0.25) is 9.29 Å². The van der Waals surface area contributed by atoms with Gasteiger partial charge in [0.05, 0.1) is 11.4 Å². The standard InChI is InChI=1S/C13H14FN3O2S/c1-17(12-4-2-3-10(14)7-12)20(18,19)13-6-5-11(8-15)16-9-13/h2-7,9H,8,15H2,1H3. The number of halogens is 1. The third-order valence-corrected chi connectivity index (χ3v) is 4.61. The molecular weight excluding hydrogens is 281 g/mol. The summed E-state index contributed by atoms with van der Waals surface area (Å²) in [7, 11) is -2.41. The minimum atomic E-state index is -3.77. The van der Waals surface area contributed by atoms with Gasteiger partial charge in [0.1, 0.15) is 10.7 Å². The van der Waals surface area contributed by atoms with E-state index in [0.29, 0.717) is 5.69 Å². The molecular formula is C13H14FN3O2S. The number of hydrogen-bond donors (Lipinski definition) is 1. The lowest BCUT2D eigenvalue weighted by Crippen LogP contribution is -2.26. The molecule has 0 aliphatic carbocycles. The van der Waals surface area contributed by atoms with Crippen molar-refractivity contribution >= 4 is 15.7 Å². The lowest BCUT2D eigenvalue weighted by molar-refractivity contribution is 0.593. The van der Waals surface area contributed by atoms with Crippen LogP contribution in [0.5, 0.6) is 0 Å². The fourth-order valence-corrected chi connectivity index (χ4v) is 2.79. The summed E-state index contributed by atoms with van der Waals surface area (Å²) < 4.78 is 38.9. The second-order valence-corrected chi connectivity index (χ2v) is 6.11. The van der Waals surface area contributed by atoms with Gasteiger partial charge < -0.3 is 5.73 Å². The van der Waals surface area contributed by atoms with Crippen molar-refractivity contribution in [3.05, 3.63) is 54.1 Å². The highest BCUT2D eigenvalue weighted by molar-refractivity contribution is 7.92. The monoisotopic (exact) mass is 295 g/mol. The zero-order valence-corrected chi connectivity index (χ0v) is 11.6. The molecule has 2 aromatic rings. The molecule has 2 rings (SSSR count). The van der Waals surface area contributed by atoms with E-state index in [1.165, 1.54) is 37.5 Å². The van der Waals surface area contributed by atoms with E-state index in [0.717, 1.165) is 10.4 Å². The van der Waals surface area contributed by atoms with Crippen LogP contribution in [0.3, 0.4) is 0 Å². The van der Waals surface area contributed by atoms with Crippen molar-refractivity contribution in [3.63, 3.8) is 0 Å². The lowest BCUT2D eigenvalue weighted by Gasteiger charge is -2.19. The Bertz CT molecular complexity index is 702. The maximum atomic E-state index is 13.2. The first-order valence-electron chi connectivity index (χ1n) is 5.84. The van der Waals surface area contributed by atoms with Crippen LogP contribution >= 0.6 is 0 Å². The van der Waals surface area contributed by atoms with Crippen molar-refractivity contribution in [2.45, 2.75) is 11.4 Å². The second-order valence-electron chi connectivity index (χ2n) is 4.14. The fraction of sp³-hybridized carbons (Fsp3) is 0.154. The second kappa shape index (κ2) is 5.56. The Morgan fingerprint density at radius 1 is 1.30 bits per heavy atom. The molecule has 0 aliphatic heterocycles. The maximum Gasteiger partial charge on any atom is 0.265 e. The number of nitrogens with two attached hydrogens (primary N) is 1. The van der Waals surface area contributed by atoms with E-state index in [1.807, 2.05) is 0 Å². The molecule has 20 heavy (non-hydrogen) atoms. The summed E-state index contributed by atoms with van der Waals surface area (Å²) in [6.45, 7) is 0.236. The number of aromatic nitrogens is 1. The summed E-state index contributed by atoms with van der Waals surface area (Å²) in [4.78, 5) is 3.98. The minimum absolute atomic E-state index is 0.0291. The summed E-state index contributed by atoms with van der Waals surface area (Å²) in [6, 6.07) is 8.35. The molecule has 1 heterocycles. The molecule has 0 radical (unpaired) electrons. The van der Waals surface area contributed by atoms with Gasteiger partial charge in [-0.25, -0.2) is 12.8 Å². The van der Waals surface area contributed by atoms with E-state index >= 15 is 0 Å². The molecule has 0 aliphatic rings. The highest BCUT2D eigenvalue weighted by Gasteiger charge is 2.21. The normalized spacial score (nSPS) is 11.3. The number of anilines is 1. The van der Waals surface area contributed by atoms with Crippen LogP contribution in [-0.2, 0) is 16.6 Å². The molecule has 0 bridgehead atoms. The summed E-state index contributed by atoms with van der Waals surface area (Å²) in [5.41, 5.74) is 6.25. The first-order chi connectivity index (χ1) is 9.45. The molecule has 0 spiro atoms. The van der Waals surface area contributed by atoms with Gasteiger partial charge in [-0.15, -0.1) is 0 Å². The number of pyridine rings is 1. The minimum Gasteiger partial charge on any atom is -0.325 e. The Balaban J connectivity index is 2.38. The summed E-state index contributed by atoms with van der Waals surface area (Å²) in [5.74, 6) is -0.499. The van der Waals surface area contributed by atoms with Crippen molar-refractivity contribution < 1.29 is 12.8 Å². The van der Waals surface area contributed by atoms with Crippen molar-refractivity contribution in [3.8, 4) is 0 Å². The van der Waals surface area contributed by atoms with Crippen LogP contribution in [0.2, 0.25) is 0 Å². The van der Waals surface area contributed by atoms with E-state index < -0.39 is 15.8 Å². The van der Waals surface area contributed by atoms with E-state index in [1.54, 1.807) is 6.07 Å². The Kier molecular flexibility index (Phi) is 4.01. The Labute approximate surface area is 116 Å². The molecule has 1 aromatic heterocycles. The molecule has 106 valence electrons. The number of benzene rings is 1. The summed E-state index contributed by atoms with van der Waals surface area (Å²) >= 11 is 0. The molecule has 0 amide bonds. The molecule has 0 saturated heterocycles. The number of sulfonamides is 1. The summed E-state index contributed by atoms with van der Waals surface area (Å²) in [5, 5.41) is 0. The SMILES string of the molecule is CN(c1cccc(F)c1)S(=O)(=O)c1ccc(CN)nc1. The molecule has 5 nitrogen and oxygen atoms in total. The Morgan fingerprint density at radius 3 is 2.60 bits per heavy atom. The van der Waals surface area contributed by atoms with E-state index in [4.69, 9.17) is 5.73 Å². The predicted molar refractivity (Wildman–Crippen MR) is 74.1 cm³/mol. The van der Waals surface area contributed by atoms with Crippen LogP contribution in [0.4, 0.5) is 10.1 Å². The number of rotatable bonds is 4. The van der Waals surface area contributed by atoms with Gasteiger partial charge in [0, 0.05) is 19.8 Å². The van der Waals surface area contributed by atoms with Gasteiger partial charge >= 0.3 is 0 Å². The highest BCUT2D eigenvalue weighted by Crippen LogP contribution is 2.22. The lowest BCUT2D eigenvalue weighted by atomic mass is 10.3. The van der Waals surface area contributed by atoms with E-state index in [-0.39, 0.29) is 17.1 Å². The van der Waals surface area contributed by atoms with Crippen molar-refractivity contribution in [1.29, 1.82) is 0 Å². The third-order valence-electron chi connectivity index (χ3n) is 2.84. The van der Waals surface area contributed by atoms with Gasteiger partial charge in [0.2, 0.25) is 0 Å². The van der Waals surface area contributed by atoms with Gasteiger partial charge in [-0.1, -0.05) is 6.07 Å². The zero-order chi connectivity index (χ0) is 14.8. The average Bonchev–Trinajstić information content (AvgIpc) is 2.46. The van der Waals surface area contributed by atoms with Crippen LogP contribution in [0.1, 0.15) is 5.69 Å². The largest absolute Gasteiger partial charge is 0.325 e. The first-order valence-corrected chi connectivity index (χ1v) is 7.28. The van der Waals surface area contributed by atoms with Crippen LogP contribution in [-0.4, -0.2) is 20.4 Å². The predicted octanol–water partition coefficient (Wildman–Crippen LogP) is 1.50. The van der Waals surface area contributed by atoms with Gasteiger partial charge in [0.25, 0.3) is 10.0 Å². The van der Waals surface area contributed by atoms with Crippen molar-refractivity contribution in [1.82, 2.24) is 4.98 Å². The van der Waals surface area contributed by atoms with Gasteiger partial charge in [0.15, 0.2) is 0 Å². The average molecular weight is 295 g/mol. The Morgan fingerprint density at radius 2 is 2.05 bits per heavy atom. The smallest absolute Gasteiger partial charge is 0.265 e. The van der Waals surface area contributed by atoms with Crippen molar-refractivity contribution in [2.24, 2.45) is 5.73 Å². The van der Waals surface area contributed by atoms with Crippen LogP contribution < -0.4 is 10.0 Å². The van der Waals surface area contributed by atoms with Crippen molar-refractivity contribution in [2.75, 3.05) is 11.4 Å². The molecule has 0 atom stereocenters. The Hall–Kier alpha value is -1.99. The highest BCUT2D eigenvalue weighted by atomic mass is 32.2. The van der Waals surface area contributed by atoms with Crippen LogP contribution in [0, 0.1) is 5.82 Å². The van der Waals surface area contributed by atoms with Gasteiger partial charge in [-0.05, 0) is 30.3 Å². The number of hydrogen-bond acceptors (Lipinski definition) is 4. The fourth-order valence-electron chi connectivity index (χ4n) is 1.65.